The Bertz CT molecular complexity index is 572. The summed E-state index contributed by atoms with van der Waals surface area (Å²) in [6.07, 6.45) is 0. The first-order chi connectivity index (χ1) is 9.15. The van der Waals surface area contributed by atoms with E-state index in [-0.39, 0.29) is 18.3 Å². The first kappa shape index (κ1) is 13.4. The molecule has 19 heavy (non-hydrogen) atoms. The van der Waals surface area contributed by atoms with Crippen LogP contribution in [-0.2, 0) is 4.79 Å². The molecule has 0 saturated carbocycles. The number of carbonyl (C=O) groups excluding carboxylic acids is 1. The van der Waals surface area contributed by atoms with Gasteiger partial charge in [0.05, 0.1) is 10.7 Å². The van der Waals surface area contributed by atoms with E-state index in [1.165, 1.54) is 24.3 Å². The molecule has 0 aliphatic rings. The van der Waals surface area contributed by atoms with Crippen molar-refractivity contribution in [2.75, 3.05) is 11.9 Å². The third-order valence-corrected chi connectivity index (χ3v) is 2.66. The van der Waals surface area contributed by atoms with Crippen LogP contribution in [0.3, 0.4) is 0 Å². The zero-order chi connectivity index (χ0) is 13.7. The van der Waals surface area contributed by atoms with E-state index in [2.05, 4.69) is 5.32 Å². The maximum absolute atomic E-state index is 12.7. The number of ether oxygens (including phenoxy) is 1. The van der Waals surface area contributed by atoms with Gasteiger partial charge < -0.3 is 10.1 Å². The molecular formula is C14H11ClFNO2. The molecule has 2 rings (SSSR count). The molecule has 0 aliphatic heterocycles. The molecule has 5 heteroatoms. The van der Waals surface area contributed by atoms with E-state index in [9.17, 15) is 9.18 Å². The quantitative estimate of drug-likeness (QED) is 0.930. The summed E-state index contributed by atoms with van der Waals surface area (Å²) in [5.41, 5.74) is 0.525. The lowest BCUT2D eigenvalue weighted by Gasteiger charge is -2.08. The molecule has 0 bridgehead atoms. The van der Waals surface area contributed by atoms with Crippen molar-refractivity contribution in [3.8, 4) is 5.75 Å². The largest absolute Gasteiger partial charge is 0.484 e. The van der Waals surface area contributed by atoms with E-state index in [0.717, 1.165) is 0 Å². The lowest BCUT2D eigenvalue weighted by atomic mass is 10.3. The number of amides is 1. The average Bonchev–Trinajstić information content (AvgIpc) is 2.41. The van der Waals surface area contributed by atoms with Crippen molar-refractivity contribution < 1.29 is 13.9 Å². The van der Waals surface area contributed by atoms with Gasteiger partial charge in [0.2, 0.25) is 0 Å². The Morgan fingerprint density at radius 2 is 1.84 bits per heavy atom. The Kier molecular flexibility index (Phi) is 4.36. The number of hydrogen-bond acceptors (Lipinski definition) is 2. The number of benzene rings is 2. The van der Waals surface area contributed by atoms with Crippen LogP contribution in [-0.4, -0.2) is 12.5 Å². The normalized spacial score (nSPS) is 10.0. The molecule has 3 nitrogen and oxygen atoms in total. The van der Waals surface area contributed by atoms with Crippen molar-refractivity contribution in [1.29, 1.82) is 0 Å². The molecule has 2 aromatic rings. The molecule has 98 valence electrons. The molecule has 2 aromatic carbocycles. The molecule has 1 N–H and O–H groups in total. The molecule has 0 atom stereocenters. The van der Waals surface area contributed by atoms with Crippen molar-refractivity contribution in [1.82, 2.24) is 0 Å². The monoisotopic (exact) mass is 279 g/mol. The molecule has 0 aromatic heterocycles. The topological polar surface area (TPSA) is 38.3 Å². The predicted octanol–water partition coefficient (Wildman–Crippen LogP) is 3.50. The summed E-state index contributed by atoms with van der Waals surface area (Å²) in [5.74, 6) is -0.263. The third kappa shape index (κ3) is 3.96. The van der Waals surface area contributed by atoms with E-state index >= 15 is 0 Å². The van der Waals surface area contributed by atoms with E-state index in [1.54, 1.807) is 24.3 Å². The Morgan fingerprint density at radius 3 is 2.53 bits per heavy atom. The van der Waals surface area contributed by atoms with Gasteiger partial charge in [0.1, 0.15) is 11.6 Å². The van der Waals surface area contributed by atoms with Crippen LogP contribution in [0.25, 0.3) is 0 Å². The van der Waals surface area contributed by atoms with Gasteiger partial charge in [-0.2, -0.15) is 0 Å². The number of halogens is 2. The van der Waals surface area contributed by atoms with Gasteiger partial charge in [0.15, 0.2) is 6.61 Å². The second-order valence-corrected chi connectivity index (χ2v) is 4.18. The van der Waals surface area contributed by atoms with Crippen LogP contribution in [0.4, 0.5) is 10.1 Å². The van der Waals surface area contributed by atoms with Crippen molar-refractivity contribution in [2.45, 2.75) is 0 Å². The molecule has 0 radical (unpaired) electrons. The van der Waals surface area contributed by atoms with Crippen molar-refractivity contribution in [3.05, 3.63) is 59.4 Å². The van der Waals surface area contributed by atoms with Crippen LogP contribution in [0.15, 0.2) is 48.5 Å². The summed E-state index contributed by atoms with van der Waals surface area (Å²) in [4.78, 5) is 11.6. The lowest BCUT2D eigenvalue weighted by molar-refractivity contribution is -0.118. The minimum absolute atomic E-state index is 0.170. The second kappa shape index (κ2) is 6.20. The summed E-state index contributed by atoms with van der Waals surface area (Å²) in [7, 11) is 0. The zero-order valence-electron chi connectivity index (χ0n) is 9.90. The van der Waals surface area contributed by atoms with E-state index in [1.807, 2.05) is 0 Å². The van der Waals surface area contributed by atoms with Crippen molar-refractivity contribution >= 4 is 23.2 Å². The highest BCUT2D eigenvalue weighted by Gasteiger charge is 2.06. The fourth-order valence-electron chi connectivity index (χ4n) is 1.43. The SMILES string of the molecule is O=C(COc1ccc(F)cc1)Nc1ccccc1Cl. The van der Waals surface area contributed by atoms with Gasteiger partial charge in [-0.15, -0.1) is 0 Å². The second-order valence-electron chi connectivity index (χ2n) is 3.77. The van der Waals surface area contributed by atoms with Gasteiger partial charge in [-0.3, -0.25) is 4.79 Å². The molecule has 0 fully saturated rings. The summed E-state index contributed by atoms with van der Waals surface area (Å²) in [6.45, 7) is -0.170. The Labute approximate surface area is 115 Å². The zero-order valence-corrected chi connectivity index (χ0v) is 10.7. The standard InChI is InChI=1S/C14H11ClFNO2/c15-12-3-1-2-4-13(12)17-14(18)9-19-11-7-5-10(16)6-8-11/h1-8H,9H2,(H,17,18). The lowest BCUT2D eigenvalue weighted by Crippen LogP contribution is -2.20. The van der Waals surface area contributed by atoms with Crippen LogP contribution >= 0.6 is 11.6 Å². The van der Waals surface area contributed by atoms with Crippen molar-refractivity contribution in [3.63, 3.8) is 0 Å². The van der Waals surface area contributed by atoms with Crippen LogP contribution in [0.2, 0.25) is 5.02 Å². The number of nitrogens with one attached hydrogen (secondary N) is 1. The molecule has 0 aliphatic carbocycles. The van der Waals surface area contributed by atoms with Crippen LogP contribution < -0.4 is 10.1 Å². The van der Waals surface area contributed by atoms with Crippen LogP contribution in [0.1, 0.15) is 0 Å². The highest BCUT2D eigenvalue weighted by atomic mass is 35.5. The molecule has 0 heterocycles. The highest BCUT2D eigenvalue weighted by Crippen LogP contribution is 2.20. The Balaban J connectivity index is 1.88. The minimum atomic E-state index is -0.354. The van der Waals surface area contributed by atoms with Crippen LogP contribution in [0, 0.1) is 5.82 Å². The van der Waals surface area contributed by atoms with Gasteiger partial charge >= 0.3 is 0 Å². The fraction of sp³-hybridized carbons (Fsp3) is 0.0714. The van der Waals surface area contributed by atoms with Crippen molar-refractivity contribution in [2.24, 2.45) is 0 Å². The van der Waals surface area contributed by atoms with Crippen LogP contribution in [0.5, 0.6) is 5.75 Å². The van der Waals surface area contributed by atoms with Gasteiger partial charge in [-0.1, -0.05) is 23.7 Å². The van der Waals surface area contributed by atoms with Gasteiger partial charge in [0, 0.05) is 0 Å². The molecule has 1 amide bonds. The number of carbonyl (C=O) groups is 1. The molecule has 0 saturated heterocycles. The number of anilines is 1. The first-order valence-electron chi connectivity index (χ1n) is 5.58. The molecule has 0 unspecified atom stereocenters. The summed E-state index contributed by atoms with van der Waals surface area (Å²) in [5, 5.41) is 3.08. The third-order valence-electron chi connectivity index (χ3n) is 2.33. The van der Waals surface area contributed by atoms with Gasteiger partial charge in [-0.25, -0.2) is 4.39 Å². The maximum atomic E-state index is 12.7. The molecular weight excluding hydrogens is 269 g/mol. The number of para-hydroxylation sites is 1. The average molecular weight is 280 g/mol. The minimum Gasteiger partial charge on any atom is -0.484 e. The summed E-state index contributed by atoms with van der Waals surface area (Å²) in [6, 6.07) is 12.4. The first-order valence-corrected chi connectivity index (χ1v) is 5.96. The van der Waals surface area contributed by atoms with E-state index in [0.29, 0.717) is 16.5 Å². The van der Waals surface area contributed by atoms with E-state index < -0.39 is 0 Å². The summed E-state index contributed by atoms with van der Waals surface area (Å²) < 4.78 is 17.9. The molecule has 0 spiro atoms. The summed E-state index contributed by atoms with van der Waals surface area (Å²) >= 11 is 5.91. The highest BCUT2D eigenvalue weighted by molar-refractivity contribution is 6.33. The van der Waals surface area contributed by atoms with Gasteiger partial charge in [0.25, 0.3) is 5.91 Å². The van der Waals surface area contributed by atoms with E-state index in [4.69, 9.17) is 16.3 Å². The Hall–Kier alpha value is -2.07. The number of rotatable bonds is 4. The maximum Gasteiger partial charge on any atom is 0.262 e. The van der Waals surface area contributed by atoms with Gasteiger partial charge in [-0.05, 0) is 36.4 Å². The predicted molar refractivity (Wildman–Crippen MR) is 72.0 cm³/mol. The number of hydrogen-bond donors (Lipinski definition) is 1. The smallest absolute Gasteiger partial charge is 0.262 e. The Morgan fingerprint density at radius 1 is 1.16 bits per heavy atom. The fourth-order valence-corrected chi connectivity index (χ4v) is 1.61.